The molecule has 1 spiro atoms. The fraction of sp³-hybridized carbons (Fsp3) is 0.750. The van der Waals surface area contributed by atoms with Crippen LogP contribution in [0.1, 0.15) is 31.2 Å². The molecule has 3 rings (SSSR count). The van der Waals surface area contributed by atoms with Crippen LogP contribution in [0.3, 0.4) is 0 Å². The van der Waals surface area contributed by atoms with Crippen LogP contribution in [0.15, 0.2) is 12.4 Å². The van der Waals surface area contributed by atoms with E-state index in [0.717, 1.165) is 52.0 Å². The topological polar surface area (TPSA) is 62.2 Å². The molecule has 2 amide bonds. The number of carbonyl (C=O) groups is 1. The highest BCUT2D eigenvalue weighted by Gasteiger charge is 2.39. The number of nitrogens with zero attached hydrogens (tertiary/aromatic N) is 3. The molecule has 0 radical (unpaired) electrons. The van der Waals surface area contributed by atoms with Gasteiger partial charge in [-0.15, -0.1) is 12.4 Å². The molecule has 7 heteroatoms. The van der Waals surface area contributed by atoms with Gasteiger partial charge in [-0.1, -0.05) is 0 Å². The van der Waals surface area contributed by atoms with Gasteiger partial charge in [-0.25, -0.2) is 4.79 Å². The average molecular weight is 342 g/mol. The fourth-order valence-corrected chi connectivity index (χ4v) is 3.73. The molecule has 3 heterocycles. The van der Waals surface area contributed by atoms with E-state index in [1.807, 2.05) is 29.0 Å². The SMILES string of the molecule is Cl.Cn1cc(CCCNC(=O)N2CCCC3(CCNC3)C2)cn1. The number of aromatic nitrogens is 2. The molecule has 0 bridgehead atoms. The maximum Gasteiger partial charge on any atom is 0.317 e. The van der Waals surface area contributed by atoms with Gasteiger partial charge in [0.15, 0.2) is 0 Å². The van der Waals surface area contributed by atoms with Crippen molar-refractivity contribution in [2.45, 2.75) is 32.1 Å². The van der Waals surface area contributed by atoms with Crippen LogP contribution in [0, 0.1) is 5.41 Å². The lowest BCUT2D eigenvalue weighted by molar-refractivity contribution is 0.118. The lowest BCUT2D eigenvalue weighted by Gasteiger charge is -2.39. The van der Waals surface area contributed by atoms with E-state index in [0.29, 0.717) is 5.41 Å². The van der Waals surface area contributed by atoms with Gasteiger partial charge in [0.25, 0.3) is 0 Å². The van der Waals surface area contributed by atoms with E-state index in [1.165, 1.54) is 18.4 Å². The van der Waals surface area contributed by atoms with Gasteiger partial charge in [-0.3, -0.25) is 4.68 Å². The van der Waals surface area contributed by atoms with Crippen molar-refractivity contribution in [3.05, 3.63) is 18.0 Å². The quantitative estimate of drug-likeness (QED) is 0.817. The summed E-state index contributed by atoms with van der Waals surface area (Å²) >= 11 is 0. The first-order valence-corrected chi connectivity index (χ1v) is 8.38. The Balaban J connectivity index is 0.00000192. The molecule has 1 aromatic rings. The van der Waals surface area contributed by atoms with Crippen molar-refractivity contribution in [3.8, 4) is 0 Å². The van der Waals surface area contributed by atoms with Crippen LogP contribution in [-0.4, -0.2) is 53.4 Å². The number of urea groups is 1. The van der Waals surface area contributed by atoms with Gasteiger partial charge in [0.2, 0.25) is 0 Å². The Bertz CT molecular complexity index is 512. The number of halogens is 1. The standard InChI is InChI=1S/C16H27N5O.ClH/c1-20-11-14(10-19-20)4-2-7-18-15(22)21-9-3-5-16(13-21)6-8-17-12-16;/h10-11,17H,2-9,12-13H2,1H3,(H,18,22);1H. The van der Waals surface area contributed by atoms with E-state index in [1.54, 1.807) is 0 Å². The highest BCUT2D eigenvalue weighted by molar-refractivity contribution is 5.85. The van der Waals surface area contributed by atoms with Crippen molar-refractivity contribution in [3.63, 3.8) is 0 Å². The zero-order valence-electron chi connectivity index (χ0n) is 13.9. The summed E-state index contributed by atoms with van der Waals surface area (Å²) in [5.74, 6) is 0. The van der Waals surface area contributed by atoms with Gasteiger partial charge in [0.05, 0.1) is 6.20 Å². The fourth-order valence-electron chi connectivity index (χ4n) is 3.73. The van der Waals surface area contributed by atoms with Gasteiger partial charge >= 0.3 is 6.03 Å². The molecule has 0 aromatic carbocycles. The summed E-state index contributed by atoms with van der Waals surface area (Å²) < 4.78 is 1.82. The van der Waals surface area contributed by atoms with E-state index >= 15 is 0 Å². The van der Waals surface area contributed by atoms with Crippen LogP contribution in [0.5, 0.6) is 0 Å². The lowest BCUT2D eigenvalue weighted by Crippen LogP contribution is -2.50. The predicted molar refractivity (Wildman–Crippen MR) is 92.9 cm³/mol. The Morgan fingerprint density at radius 3 is 3.04 bits per heavy atom. The summed E-state index contributed by atoms with van der Waals surface area (Å²) in [7, 11) is 1.93. The number of hydrogen-bond acceptors (Lipinski definition) is 3. The second-order valence-corrected chi connectivity index (χ2v) is 6.81. The monoisotopic (exact) mass is 341 g/mol. The van der Waals surface area contributed by atoms with Crippen LogP contribution in [0.4, 0.5) is 4.79 Å². The van der Waals surface area contributed by atoms with Crippen LogP contribution in [-0.2, 0) is 13.5 Å². The molecule has 2 fully saturated rings. The largest absolute Gasteiger partial charge is 0.338 e. The Morgan fingerprint density at radius 1 is 1.48 bits per heavy atom. The molecule has 1 unspecified atom stereocenters. The van der Waals surface area contributed by atoms with Crippen molar-refractivity contribution in [1.82, 2.24) is 25.3 Å². The second kappa shape index (κ2) is 8.02. The van der Waals surface area contributed by atoms with Crippen LogP contribution in [0.2, 0.25) is 0 Å². The van der Waals surface area contributed by atoms with Crippen molar-refractivity contribution < 1.29 is 4.79 Å². The normalized spacial score (nSPS) is 23.8. The van der Waals surface area contributed by atoms with E-state index in [9.17, 15) is 4.79 Å². The molecule has 130 valence electrons. The van der Waals surface area contributed by atoms with Crippen LogP contribution < -0.4 is 10.6 Å². The molecular weight excluding hydrogens is 314 g/mol. The van der Waals surface area contributed by atoms with Gasteiger partial charge in [-0.2, -0.15) is 5.10 Å². The Labute approximate surface area is 144 Å². The summed E-state index contributed by atoms with van der Waals surface area (Å²) in [5.41, 5.74) is 1.57. The van der Waals surface area contributed by atoms with Gasteiger partial charge < -0.3 is 15.5 Å². The number of hydrogen-bond donors (Lipinski definition) is 2. The molecule has 1 atom stereocenters. The number of amides is 2. The summed E-state index contributed by atoms with van der Waals surface area (Å²) in [6.07, 6.45) is 9.43. The Morgan fingerprint density at radius 2 is 2.35 bits per heavy atom. The molecule has 0 aliphatic carbocycles. The van der Waals surface area contributed by atoms with Gasteiger partial charge in [0.1, 0.15) is 0 Å². The molecule has 23 heavy (non-hydrogen) atoms. The molecule has 6 nitrogen and oxygen atoms in total. The van der Waals surface area contributed by atoms with Crippen molar-refractivity contribution >= 4 is 18.4 Å². The summed E-state index contributed by atoms with van der Waals surface area (Å²) in [6, 6.07) is 0.108. The maximum atomic E-state index is 12.3. The third kappa shape index (κ3) is 4.61. The van der Waals surface area contributed by atoms with E-state index in [4.69, 9.17) is 0 Å². The molecule has 2 aliphatic rings. The summed E-state index contributed by atoms with van der Waals surface area (Å²) in [4.78, 5) is 14.3. The minimum Gasteiger partial charge on any atom is -0.338 e. The molecule has 2 N–H and O–H groups in total. The smallest absolute Gasteiger partial charge is 0.317 e. The number of carbonyl (C=O) groups excluding carboxylic acids is 1. The molecule has 2 saturated heterocycles. The zero-order valence-corrected chi connectivity index (χ0v) is 14.7. The average Bonchev–Trinajstić information content (AvgIpc) is 3.13. The van der Waals surface area contributed by atoms with E-state index in [-0.39, 0.29) is 18.4 Å². The first-order chi connectivity index (χ1) is 10.7. The highest BCUT2D eigenvalue weighted by atomic mass is 35.5. The number of rotatable bonds is 4. The number of likely N-dealkylation sites (tertiary alicyclic amines) is 1. The Kier molecular flexibility index (Phi) is 6.30. The highest BCUT2D eigenvalue weighted by Crippen LogP contribution is 2.35. The van der Waals surface area contributed by atoms with Crippen molar-refractivity contribution in [2.24, 2.45) is 12.5 Å². The molecule has 0 saturated carbocycles. The van der Waals surface area contributed by atoms with Crippen molar-refractivity contribution in [2.75, 3.05) is 32.7 Å². The first-order valence-electron chi connectivity index (χ1n) is 8.38. The molecule has 2 aliphatic heterocycles. The third-order valence-electron chi connectivity index (χ3n) is 4.96. The summed E-state index contributed by atoms with van der Waals surface area (Å²) in [5, 5.41) is 10.7. The molecular formula is C16H28ClN5O. The maximum absolute atomic E-state index is 12.3. The number of nitrogens with one attached hydrogen (secondary N) is 2. The minimum atomic E-state index is 0. The van der Waals surface area contributed by atoms with Crippen molar-refractivity contribution in [1.29, 1.82) is 0 Å². The zero-order chi connectivity index (χ0) is 15.4. The number of piperidine rings is 1. The van der Waals surface area contributed by atoms with E-state index in [2.05, 4.69) is 15.7 Å². The van der Waals surface area contributed by atoms with Gasteiger partial charge in [0, 0.05) is 44.8 Å². The molecule has 1 aromatic heterocycles. The first kappa shape index (κ1) is 18.1. The predicted octanol–water partition coefficient (Wildman–Crippen LogP) is 1.56. The second-order valence-electron chi connectivity index (χ2n) is 6.81. The van der Waals surface area contributed by atoms with Gasteiger partial charge in [-0.05, 0) is 44.2 Å². The van der Waals surface area contributed by atoms with Crippen LogP contribution >= 0.6 is 12.4 Å². The third-order valence-corrected chi connectivity index (χ3v) is 4.96. The minimum absolute atomic E-state index is 0. The van der Waals surface area contributed by atoms with E-state index < -0.39 is 0 Å². The number of aryl methyl sites for hydroxylation is 2. The lowest BCUT2D eigenvalue weighted by atomic mass is 9.79. The summed E-state index contributed by atoms with van der Waals surface area (Å²) in [6.45, 7) is 4.71. The Hall–Kier alpha value is -1.27. The van der Waals surface area contributed by atoms with Crippen LogP contribution in [0.25, 0.3) is 0 Å².